The highest BCUT2D eigenvalue weighted by atomic mass is 32.3. The van der Waals surface area contributed by atoms with Gasteiger partial charge in [0.1, 0.15) is 0 Å². The summed E-state index contributed by atoms with van der Waals surface area (Å²) < 4.78 is -0.361. The molecule has 1 aliphatic rings. The summed E-state index contributed by atoms with van der Waals surface area (Å²) in [7, 11) is -1.67. The number of nitrogens with two attached hydrogens (primary N) is 3. The lowest BCUT2D eigenvalue weighted by molar-refractivity contribution is 0.934. The zero-order valence-corrected chi connectivity index (χ0v) is 21.5. The molecule has 0 radical (unpaired) electrons. The van der Waals surface area contributed by atoms with Crippen LogP contribution in [-0.2, 0) is 0 Å². The van der Waals surface area contributed by atoms with E-state index in [9.17, 15) is 0 Å². The third kappa shape index (κ3) is 4.40. The van der Waals surface area contributed by atoms with Crippen LogP contribution in [0.3, 0.4) is 0 Å². The van der Waals surface area contributed by atoms with Gasteiger partial charge in [-0.15, -0.1) is 29.5 Å². The Morgan fingerprint density at radius 1 is 1.45 bits per heavy atom. The molecule has 158 valence electrons. The lowest BCUT2D eigenvalue weighted by Crippen LogP contribution is -2.32. The van der Waals surface area contributed by atoms with Crippen LogP contribution in [0.15, 0.2) is 48.9 Å². The Kier molecular flexibility index (Phi) is 8.28. The number of hydrogen-bond acceptors (Lipinski definition) is 7. The largest absolute Gasteiger partial charge is 0.404 e. The Morgan fingerprint density at radius 2 is 2.14 bits per heavy atom. The van der Waals surface area contributed by atoms with Gasteiger partial charge >= 0.3 is 0 Å². The molecular weight excluding hydrogens is 455 g/mol. The molecule has 0 bridgehead atoms. The molecule has 1 aliphatic heterocycles. The van der Waals surface area contributed by atoms with Crippen LogP contribution < -0.4 is 17.2 Å². The van der Waals surface area contributed by atoms with Gasteiger partial charge in [0.25, 0.3) is 0 Å². The lowest BCUT2D eigenvalue weighted by Gasteiger charge is -2.48. The van der Waals surface area contributed by atoms with E-state index in [1.807, 2.05) is 18.4 Å². The van der Waals surface area contributed by atoms with Crippen LogP contribution in [0.25, 0.3) is 4.91 Å². The van der Waals surface area contributed by atoms with E-state index in [-0.39, 0.29) is 4.75 Å². The highest BCUT2D eigenvalue weighted by Gasteiger charge is 2.50. The molecule has 0 aliphatic carbocycles. The number of thioether (sulfide) groups is 3. The summed E-state index contributed by atoms with van der Waals surface area (Å²) in [5.41, 5.74) is 18.1. The molecule has 29 heavy (non-hydrogen) atoms. The fourth-order valence-corrected chi connectivity index (χ4v) is 12.9. The van der Waals surface area contributed by atoms with Gasteiger partial charge in [0.2, 0.25) is 0 Å². The Hall–Kier alpha value is -0.980. The number of rotatable bonds is 8. The maximum atomic E-state index is 6.29. The first-order chi connectivity index (χ1) is 13.7. The highest BCUT2D eigenvalue weighted by Crippen LogP contribution is 2.80. The zero-order valence-electron chi connectivity index (χ0n) is 17.4. The van der Waals surface area contributed by atoms with Crippen LogP contribution in [0.4, 0.5) is 5.00 Å². The summed E-state index contributed by atoms with van der Waals surface area (Å²) in [5, 5.41) is 5.86. The minimum absolute atomic E-state index is 0.361. The van der Waals surface area contributed by atoms with E-state index in [4.69, 9.17) is 23.6 Å². The average Bonchev–Trinajstić information content (AvgIpc) is 3.17. The van der Waals surface area contributed by atoms with Gasteiger partial charge in [-0.2, -0.15) is 21.8 Å². The van der Waals surface area contributed by atoms with Gasteiger partial charge in [-0.25, -0.2) is 0 Å². The minimum Gasteiger partial charge on any atom is -0.404 e. The van der Waals surface area contributed by atoms with E-state index in [1.54, 1.807) is 52.8 Å². The van der Waals surface area contributed by atoms with E-state index in [1.165, 1.54) is 24.5 Å². The van der Waals surface area contributed by atoms with Crippen molar-refractivity contribution in [3.63, 3.8) is 0 Å². The van der Waals surface area contributed by atoms with Gasteiger partial charge in [0, 0.05) is 21.8 Å². The van der Waals surface area contributed by atoms with Crippen molar-refractivity contribution in [3.05, 3.63) is 48.9 Å². The van der Waals surface area contributed by atoms with E-state index in [0.29, 0.717) is 0 Å². The van der Waals surface area contributed by atoms with E-state index < -0.39 is 10.0 Å². The molecule has 2 rings (SSSR count). The Balaban J connectivity index is 2.89. The SMILES string of the molecule is C#CC(C)(CSC)S1(/C=C(\C)S/C=C\N)C(C)=C(S/C(N)=C\C)c2sc(N)cc21. The third-order valence-corrected chi connectivity index (χ3v) is 13.8. The Labute approximate surface area is 193 Å². The second-order valence-electron chi connectivity index (χ2n) is 6.66. The second kappa shape index (κ2) is 9.88. The molecule has 0 spiro atoms. The van der Waals surface area contributed by atoms with Gasteiger partial charge in [-0.1, -0.05) is 23.8 Å². The van der Waals surface area contributed by atoms with Crippen molar-refractivity contribution in [2.45, 2.75) is 37.3 Å². The number of terminal acetylenes is 1. The topological polar surface area (TPSA) is 78.1 Å². The Morgan fingerprint density at radius 3 is 2.69 bits per heavy atom. The summed E-state index contributed by atoms with van der Waals surface area (Å²) in [6, 6.07) is 2.13. The third-order valence-electron chi connectivity index (χ3n) is 4.69. The molecular formula is C21H29N3S5. The maximum absolute atomic E-state index is 6.29. The maximum Gasteiger partial charge on any atom is 0.0874 e. The number of allylic oxidation sites excluding steroid dienone is 3. The first-order valence-electron chi connectivity index (χ1n) is 8.92. The second-order valence-corrected chi connectivity index (χ2v) is 14.4. The zero-order chi connectivity index (χ0) is 21.8. The number of fused-ring (bicyclic) bond motifs is 1. The van der Waals surface area contributed by atoms with Crippen molar-refractivity contribution in [2.75, 3.05) is 17.7 Å². The predicted octanol–water partition coefficient (Wildman–Crippen LogP) is 6.53. The van der Waals surface area contributed by atoms with Crippen molar-refractivity contribution in [3.8, 4) is 12.3 Å². The van der Waals surface area contributed by atoms with Crippen LogP contribution in [0.1, 0.15) is 32.6 Å². The molecule has 0 saturated carbocycles. The summed E-state index contributed by atoms with van der Waals surface area (Å²) in [6.07, 6.45) is 11.8. The van der Waals surface area contributed by atoms with Crippen molar-refractivity contribution in [1.82, 2.24) is 0 Å². The van der Waals surface area contributed by atoms with Crippen LogP contribution in [0, 0.1) is 12.3 Å². The van der Waals surface area contributed by atoms with Crippen molar-refractivity contribution < 1.29 is 0 Å². The molecule has 2 unspecified atom stereocenters. The molecule has 1 aromatic rings. The normalized spacial score (nSPS) is 24.3. The van der Waals surface area contributed by atoms with E-state index in [2.05, 4.69) is 44.4 Å². The van der Waals surface area contributed by atoms with Crippen LogP contribution >= 0.6 is 56.7 Å². The van der Waals surface area contributed by atoms with Crippen LogP contribution in [-0.4, -0.2) is 16.8 Å². The number of hydrogen-bond donors (Lipinski definition) is 3. The van der Waals surface area contributed by atoms with Crippen molar-refractivity contribution in [1.29, 1.82) is 0 Å². The molecule has 2 atom stereocenters. The number of nitrogen functional groups attached to an aromatic ring is 1. The molecule has 0 saturated heterocycles. The van der Waals surface area contributed by atoms with Gasteiger partial charge in [-0.3, -0.25) is 0 Å². The van der Waals surface area contributed by atoms with Crippen LogP contribution in [0.5, 0.6) is 0 Å². The van der Waals surface area contributed by atoms with Crippen LogP contribution in [0.2, 0.25) is 0 Å². The van der Waals surface area contributed by atoms with E-state index >= 15 is 0 Å². The lowest BCUT2D eigenvalue weighted by atomic mass is 10.2. The molecule has 6 N–H and O–H groups in total. The van der Waals surface area contributed by atoms with Gasteiger partial charge in [0.15, 0.2) is 0 Å². The first-order valence-corrected chi connectivity index (χ1v) is 14.5. The number of thiophene rings is 1. The predicted molar refractivity (Wildman–Crippen MR) is 143 cm³/mol. The molecule has 0 fully saturated rings. The molecule has 3 nitrogen and oxygen atoms in total. The summed E-state index contributed by atoms with van der Waals surface area (Å²) in [5.74, 6) is 4.04. The summed E-state index contributed by atoms with van der Waals surface area (Å²) >= 11 is 6.64. The van der Waals surface area contributed by atoms with Gasteiger partial charge < -0.3 is 17.2 Å². The quantitative estimate of drug-likeness (QED) is 0.365. The Bertz CT molecular complexity index is 935. The average molecular weight is 484 g/mol. The first kappa shape index (κ1) is 24.3. The minimum atomic E-state index is -1.67. The van der Waals surface area contributed by atoms with Gasteiger partial charge in [-0.05, 0) is 60.6 Å². The van der Waals surface area contributed by atoms with Gasteiger partial charge in [0.05, 0.1) is 19.7 Å². The molecule has 1 aromatic heterocycles. The number of anilines is 1. The molecule has 2 heterocycles. The standard InChI is InChI=1S/C21H29N3S5/c1-7-17(23)27-19-15(4)29(12-14(3)26-10-9-22,21(5,8-2)13-25-6)16-11-18(24)28-20(16)19/h2,7,9-12H,13,22-24H2,1,3-6H3/b10-9-,14-12+,17-7-. The summed E-state index contributed by atoms with van der Waals surface area (Å²) in [6.45, 7) is 8.49. The molecule has 8 heteroatoms. The van der Waals surface area contributed by atoms with E-state index in [0.717, 1.165) is 15.8 Å². The smallest absolute Gasteiger partial charge is 0.0874 e. The highest BCUT2D eigenvalue weighted by molar-refractivity contribution is 8.41. The molecule has 0 amide bonds. The molecule has 0 aromatic carbocycles. The fraction of sp³-hybridized carbons (Fsp3) is 0.333. The summed E-state index contributed by atoms with van der Waals surface area (Å²) in [4.78, 5) is 6.13. The van der Waals surface area contributed by atoms with Crippen molar-refractivity contribution >= 4 is 66.6 Å². The van der Waals surface area contributed by atoms with Crippen molar-refractivity contribution in [2.24, 2.45) is 11.5 Å². The fourth-order valence-electron chi connectivity index (χ4n) is 3.34. The monoisotopic (exact) mass is 483 g/mol.